The molecule has 1 unspecified atom stereocenters. The molecule has 1 amide bonds. The summed E-state index contributed by atoms with van der Waals surface area (Å²) >= 11 is 0. The molecule has 1 heterocycles. The van der Waals surface area contributed by atoms with Gasteiger partial charge in [0, 0.05) is 25.3 Å². The summed E-state index contributed by atoms with van der Waals surface area (Å²) < 4.78 is 0. The van der Waals surface area contributed by atoms with Crippen LogP contribution in [0.5, 0.6) is 0 Å². The zero-order valence-electron chi connectivity index (χ0n) is 12.2. The minimum Gasteiger partial charge on any atom is -0.318 e. The summed E-state index contributed by atoms with van der Waals surface area (Å²) in [6, 6.07) is 6.21. The number of hydrogen-bond donors (Lipinski definition) is 1. The number of rotatable bonds is 3. The van der Waals surface area contributed by atoms with Gasteiger partial charge in [-0.15, -0.1) is 0 Å². The molecule has 4 heteroatoms. The number of benzene rings is 1. The van der Waals surface area contributed by atoms with Gasteiger partial charge in [-0.25, -0.2) is 0 Å². The highest BCUT2D eigenvalue weighted by Gasteiger charge is 2.33. The molecule has 1 aliphatic heterocycles. The fourth-order valence-electron chi connectivity index (χ4n) is 2.58. The molecule has 0 spiro atoms. The van der Waals surface area contributed by atoms with Crippen LogP contribution in [0, 0.1) is 13.8 Å². The number of aryl methyl sites for hydroxylation is 2. The van der Waals surface area contributed by atoms with Crippen LogP contribution in [0.15, 0.2) is 18.2 Å². The van der Waals surface area contributed by atoms with E-state index in [1.165, 1.54) is 5.56 Å². The van der Waals surface area contributed by atoms with Gasteiger partial charge in [0.05, 0.1) is 0 Å². The van der Waals surface area contributed by atoms with E-state index >= 15 is 0 Å². The van der Waals surface area contributed by atoms with Crippen LogP contribution in [-0.4, -0.2) is 50.6 Å². The summed E-state index contributed by atoms with van der Waals surface area (Å²) in [5, 5.41) is 3.11. The van der Waals surface area contributed by atoms with Crippen LogP contribution in [0.25, 0.3) is 0 Å². The second-order valence-corrected chi connectivity index (χ2v) is 5.33. The summed E-state index contributed by atoms with van der Waals surface area (Å²) in [5.74, 6) is 0.191. The van der Waals surface area contributed by atoms with E-state index < -0.39 is 0 Å². The molecule has 0 radical (unpaired) electrons. The fourth-order valence-corrected chi connectivity index (χ4v) is 2.58. The van der Waals surface area contributed by atoms with Crippen molar-refractivity contribution in [2.45, 2.75) is 19.9 Å². The van der Waals surface area contributed by atoms with E-state index in [1.807, 2.05) is 19.0 Å². The van der Waals surface area contributed by atoms with E-state index in [-0.39, 0.29) is 11.9 Å². The standard InChI is InChI=1S/C15H23N3O/c1-11-5-6-12(2)13(9-11)18-8-7-17(4)14(10-16-3)15(18)19/h5-6,9,14,16H,7-8,10H2,1-4H3. The van der Waals surface area contributed by atoms with E-state index in [2.05, 4.69) is 42.3 Å². The first-order valence-electron chi connectivity index (χ1n) is 6.78. The maximum Gasteiger partial charge on any atom is 0.245 e. The topological polar surface area (TPSA) is 35.6 Å². The molecule has 1 N–H and O–H groups in total. The summed E-state index contributed by atoms with van der Waals surface area (Å²) in [7, 11) is 3.90. The Balaban J connectivity index is 2.29. The third kappa shape index (κ3) is 2.80. The van der Waals surface area contributed by atoms with E-state index in [1.54, 1.807) is 0 Å². The number of carbonyl (C=O) groups excluding carboxylic acids is 1. The van der Waals surface area contributed by atoms with Crippen molar-refractivity contribution < 1.29 is 4.79 Å². The molecular formula is C15H23N3O. The van der Waals surface area contributed by atoms with Crippen molar-refractivity contribution in [1.82, 2.24) is 10.2 Å². The Labute approximate surface area is 115 Å². The number of amides is 1. The highest BCUT2D eigenvalue weighted by Crippen LogP contribution is 2.24. The second kappa shape index (κ2) is 5.72. The summed E-state index contributed by atoms with van der Waals surface area (Å²) in [6.45, 7) is 6.49. The number of nitrogens with one attached hydrogen (secondary N) is 1. The Hall–Kier alpha value is -1.39. The second-order valence-electron chi connectivity index (χ2n) is 5.33. The van der Waals surface area contributed by atoms with Gasteiger partial charge in [0.25, 0.3) is 0 Å². The molecule has 1 atom stereocenters. The molecule has 0 aliphatic carbocycles. The summed E-state index contributed by atoms with van der Waals surface area (Å²) in [4.78, 5) is 16.7. The van der Waals surface area contributed by atoms with Crippen molar-refractivity contribution in [3.8, 4) is 0 Å². The third-order valence-electron chi connectivity index (χ3n) is 3.81. The molecule has 0 saturated carbocycles. The minimum absolute atomic E-state index is 0.0707. The van der Waals surface area contributed by atoms with Gasteiger partial charge < -0.3 is 10.2 Å². The van der Waals surface area contributed by atoms with Crippen LogP contribution in [0.1, 0.15) is 11.1 Å². The lowest BCUT2D eigenvalue weighted by molar-refractivity contribution is -0.125. The van der Waals surface area contributed by atoms with Crippen molar-refractivity contribution in [2.75, 3.05) is 38.6 Å². The SMILES string of the molecule is CNCC1C(=O)N(c2cc(C)ccc2C)CCN1C. The number of hydrogen-bond acceptors (Lipinski definition) is 3. The van der Waals surface area contributed by atoms with Crippen LogP contribution >= 0.6 is 0 Å². The predicted molar refractivity (Wildman–Crippen MR) is 78.6 cm³/mol. The average molecular weight is 261 g/mol. The molecular weight excluding hydrogens is 238 g/mol. The van der Waals surface area contributed by atoms with Crippen molar-refractivity contribution in [1.29, 1.82) is 0 Å². The summed E-state index contributed by atoms with van der Waals surface area (Å²) in [5.41, 5.74) is 3.41. The first kappa shape index (κ1) is 14.0. The molecule has 0 bridgehead atoms. The van der Waals surface area contributed by atoms with Gasteiger partial charge in [0.2, 0.25) is 5.91 Å². The molecule has 1 aliphatic rings. The average Bonchev–Trinajstić information content (AvgIpc) is 2.38. The monoisotopic (exact) mass is 261 g/mol. The lowest BCUT2D eigenvalue weighted by Gasteiger charge is -2.39. The smallest absolute Gasteiger partial charge is 0.245 e. The van der Waals surface area contributed by atoms with Crippen LogP contribution < -0.4 is 10.2 Å². The largest absolute Gasteiger partial charge is 0.318 e. The van der Waals surface area contributed by atoms with Gasteiger partial charge in [-0.2, -0.15) is 0 Å². The molecule has 0 aromatic heterocycles. The van der Waals surface area contributed by atoms with E-state index in [9.17, 15) is 4.79 Å². The zero-order chi connectivity index (χ0) is 14.0. The quantitative estimate of drug-likeness (QED) is 0.887. The molecule has 19 heavy (non-hydrogen) atoms. The Morgan fingerprint density at radius 3 is 2.74 bits per heavy atom. The number of nitrogens with zero attached hydrogens (tertiary/aromatic N) is 2. The minimum atomic E-state index is -0.0707. The van der Waals surface area contributed by atoms with E-state index in [4.69, 9.17) is 0 Å². The fraction of sp³-hybridized carbons (Fsp3) is 0.533. The van der Waals surface area contributed by atoms with E-state index in [0.29, 0.717) is 6.54 Å². The van der Waals surface area contributed by atoms with Crippen molar-refractivity contribution in [3.63, 3.8) is 0 Å². The van der Waals surface area contributed by atoms with Gasteiger partial charge >= 0.3 is 0 Å². The molecule has 1 saturated heterocycles. The van der Waals surface area contributed by atoms with Crippen LogP contribution in [-0.2, 0) is 4.79 Å². The first-order chi connectivity index (χ1) is 9.04. The zero-order valence-corrected chi connectivity index (χ0v) is 12.2. The lowest BCUT2D eigenvalue weighted by Crippen LogP contribution is -2.58. The number of anilines is 1. The molecule has 1 aromatic rings. The normalized spacial score (nSPS) is 20.9. The van der Waals surface area contributed by atoms with Gasteiger partial charge in [-0.3, -0.25) is 9.69 Å². The Morgan fingerprint density at radius 2 is 2.05 bits per heavy atom. The number of piperazine rings is 1. The summed E-state index contributed by atoms with van der Waals surface area (Å²) in [6.07, 6.45) is 0. The maximum atomic E-state index is 12.6. The molecule has 2 rings (SSSR count). The van der Waals surface area contributed by atoms with Crippen LogP contribution in [0.2, 0.25) is 0 Å². The number of carbonyl (C=O) groups is 1. The first-order valence-corrected chi connectivity index (χ1v) is 6.78. The van der Waals surface area contributed by atoms with Gasteiger partial charge in [-0.05, 0) is 45.1 Å². The molecule has 4 nitrogen and oxygen atoms in total. The predicted octanol–water partition coefficient (Wildman–Crippen LogP) is 1.17. The highest BCUT2D eigenvalue weighted by molar-refractivity contribution is 5.98. The highest BCUT2D eigenvalue weighted by atomic mass is 16.2. The van der Waals surface area contributed by atoms with Gasteiger partial charge in [-0.1, -0.05) is 12.1 Å². The Morgan fingerprint density at radius 1 is 1.32 bits per heavy atom. The Bertz CT molecular complexity index is 472. The van der Waals surface area contributed by atoms with Gasteiger partial charge in [0.1, 0.15) is 6.04 Å². The molecule has 1 aromatic carbocycles. The lowest BCUT2D eigenvalue weighted by atomic mass is 10.1. The third-order valence-corrected chi connectivity index (χ3v) is 3.81. The Kier molecular flexibility index (Phi) is 4.22. The van der Waals surface area contributed by atoms with Crippen molar-refractivity contribution in [3.05, 3.63) is 29.3 Å². The van der Waals surface area contributed by atoms with Crippen molar-refractivity contribution in [2.24, 2.45) is 0 Å². The molecule has 1 fully saturated rings. The van der Waals surface area contributed by atoms with Crippen LogP contribution in [0.3, 0.4) is 0 Å². The molecule has 104 valence electrons. The van der Waals surface area contributed by atoms with Crippen molar-refractivity contribution >= 4 is 11.6 Å². The maximum absolute atomic E-state index is 12.6. The van der Waals surface area contributed by atoms with Crippen LogP contribution in [0.4, 0.5) is 5.69 Å². The van der Waals surface area contributed by atoms with Gasteiger partial charge in [0.15, 0.2) is 0 Å². The number of likely N-dealkylation sites (N-methyl/N-ethyl adjacent to an activating group) is 2. The van der Waals surface area contributed by atoms with E-state index in [0.717, 1.165) is 24.3 Å².